The molecule has 2 heterocycles. The Bertz CT molecular complexity index is 1140. The van der Waals surface area contributed by atoms with Crippen LogP contribution < -0.4 is 4.74 Å². The summed E-state index contributed by atoms with van der Waals surface area (Å²) in [7, 11) is 0. The summed E-state index contributed by atoms with van der Waals surface area (Å²) in [4.78, 5) is 10.5. The smallest absolute Gasteiger partial charge is 0.270 e. The fraction of sp³-hybridized carbons (Fsp3) is 0.105. The molecule has 1 aliphatic heterocycles. The van der Waals surface area contributed by atoms with Gasteiger partial charge in [0.05, 0.1) is 27.3 Å². The maximum Gasteiger partial charge on any atom is 0.270 e. The normalized spacial score (nSPS) is 18.1. The fourth-order valence-electron chi connectivity index (χ4n) is 3.36. The maximum absolute atomic E-state index is 11.0. The lowest BCUT2D eigenvalue weighted by Gasteiger charge is -2.28. The first-order valence-electron chi connectivity index (χ1n) is 8.24. The van der Waals surface area contributed by atoms with Crippen molar-refractivity contribution in [3.63, 3.8) is 0 Å². The molecule has 3 aromatic rings. The number of H-pyrrole nitrogens is 1. The van der Waals surface area contributed by atoms with Crippen LogP contribution in [0.3, 0.4) is 0 Å². The highest BCUT2D eigenvalue weighted by atomic mass is 35.5. The minimum absolute atomic E-state index is 0.139. The number of hydrogen-bond donors (Lipinski definition) is 2. The largest absolute Gasteiger partial charge is 0.422 e. The van der Waals surface area contributed by atoms with E-state index in [1.54, 1.807) is 0 Å². The van der Waals surface area contributed by atoms with Crippen LogP contribution in [0.5, 0.6) is 5.88 Å². The predicted octanol–water partition coefficient (Wildman–Crippen LogP) is 4.28. The Labute approximate surface area is 164 Å². The Morgan fingerprint density at radius 2 is 2.04 bits per heavy atom. The zero-order chi connectivity index (χ0) is 19.8. The van der Waals surface area contributed by atoms with Crippen molar-refractivity contribution in [3.05, 3.63) is 74.8 Å². The van der Waals surface area contributed by atoms with E-state index in [-0.39, 0.29) is 22.5 Å². The van der Waals surface area contributed by atoms with Gasteiger partial charge in [0.2, 0.25) is 11.8 Å². The van der Waals surface area contributed by atoms with Gasteiger partial charge in [-0.2, -0.15) is 5.26 Å². The van der Waals surface area contributed by atoms with Crippen molar-refractivity contribution in [1.82, 2.24) is 10.2 Å². The van der Waals surface area contributed by atoms with Gasteiger partial charge in [0, 0.05) is 18.1 Å². The number of ether oxygens (including phenoxy) is 1. The first kappa shape index (κ1) is 17.7. The third kappa shape index (κ3) is 2.78. The van der Waals surface area contributed by atoms with Crippen LogP contribution in [0.15, 0.2) is 48.5 Å². The zero-order valence-electron chi connectivity index (χ0n) is 14.2. The second kappa shape index (κ2) is 6.79. The average Bonchev–Trinajstić information content (AvgIpc) is 3.11. The molecule has 1 aromatic heterocycles. The maximum atomic E-state index is 11.0. The van der Waals surface area contributed by atoms with Crippen molar-refractivity contribution in [2.45, 2.75) is 5.92 Å². The molecule has 0 aliphatic carbocycles. The minimum Gasteiger partial charge on any atom is -0.422 e. The molecule has 2 aromatic carbocycles. The van der Waals surface area contributed by atoms with E-state index in [1.165, 1.54) is 18.2 Å². The highest BCUT2D eigenvalue weighted by Crippen LogP contribution is 2.47. The number of hydrogen-bond acceptors (Lipinski definition) is 6. The molecule has 8 nitrogen and oxygen atoms in total. The lowest BCUT2D eigenvalue weighted by atomic mass is 9.78. The van der Waals surface area contributed by atoms with Gasteiger partial charge in [0.25, 0.3) is 5.69 Å². The van der Waals surface area contributed by atoms with Gasteiger partial charge in [-0.15, -0.1) is 5.10 Å². The zero-order valence-corrected chi connectivity index (χ0v) is 15.0. The second-order valence-electron chi connectivity index (χ2n) is 6.20. The standard InChI is InChI=1S/C19H12ClN5O3/c20-14-8-11(25(26)27)6-7-12(14)15-13(9-21)18(22)28-19-16(15)17(23-24-19)10-4-2-1-3-5-10/h1-8,13,15,22H,(H,23,24). The highest BCUT2D eigenvalue weighted by Gasteiger charge is 2.41. The van der Waals surface area contributed by atoms with Gasteiger partial charge in [0.1, 0.15) is 5.92 Å². The van der Waals surface area contributed by atoms with Crippen molar-refractivity contribution < 1.29 is 9.66 Å². The third-order valence-corrected chi connectivity index (χ3v) is 4.96. The van der Waals surface area contributed by atoms with Crippen molar-refractivity contribution in [1.29, 1.82) is 10.7 Å². The van der Waals surface area contributed by atoms with Gasteiger partial charge in [-0.3, -0.25) is 20.6 Å². The molecule has 9 heteroatoms. The summed E-state index contributed by atoms with van der Waals surface area (Å²) in [6.07, 6.45) is 0. The fourth-order valence-corrected chi connectivity index (χ4v) is 3.65. The molecule has 0 bridgehead atoms. The van der Waals surface area contributed by atoms with Gasteiger partial charge in [-0.05, 0) is 11.1 Å². The number of aromatic amines is 1. The SMILES string of the molecule is N#CC1C(=N)Oc2n[nH]c(-c3ccccc3)c2C1c1ccc([N+](=O)[O-])cc1Cl. The van der Waals surface area contributed by atoms with Crippen LogP contribution in [0.1, 0.15) is 17.0 Å². The highest BCUT2D eigenvalue weighted by molar-refractivity contribution is 6.31. The van der Waals surface area contributed by atoms with E-state index in [0.29, 0.717) is 16.8 Å². The number of aromatic nitrogens is 2. The van der Waals surface area contributed by atoms with Gasteiger partial charge in [0.15, 0.2) is 0 Å². The van der Waals surface area contributed by atoms with Crippen molar-refractivity contribution in [2.75, 3.05) is 0 Å². The minimum atomic E-state index is -0.952. The Morgan fingerprint density at radius 3 is 2.68 bits per heavy atom. The van der Waals surface area contributed by atoms with Crippen molar-refractivity contribution >= 4 is 23.2 Å². The lowest BCUT2D eigenvalue weighted by Crippen LogP contribution is -2.31. The van der Waals surface area contributed by atoms with Crippen LogP contribution in [-0.2, 0) is 0 Å². The van der Waals surface area contributed by atoms with Crippen LogP contribution in [-0.4, -0.2) is 21.0 Å². The van der Waals surface area contributed by atoms with Gasteiger partial charge < -0.3 is 4.74 Å². The summed E-state index contributed by atoms with van der Waals surface area (Å²) in [6, 6.07) is 15.5. The molecule has 2 atom stereocenters. The van der Waals surface area contributed by atoms with Gasteiger partial charge >= 0.3 is 0 Å². The molecular weight excluding hydrogens is 382 g/mol. The van der Waals surface area contributed by atoms with E-state index in [9.17, 15) is 15.4 Å². The summed E-state index contributed by atoms with van der Waals surface area (Å²) < 4.78 is 5.46. The van der Waals surface area contributed by atoms with Crippen LogP contribution in [0.2, 0.25) is 5.02 Å². The predicted molar refractivity (Wildman–Crippen MR) is 101 cm³/mol. The molecular formula is C19H12ClN5O3. The number of rotatable bonds is 3. The first-order chi connectivity index (χ1) is 13.5. The number of fused-ring (bicyclic) bond motifs is 1. The van der Waals surface area contributed by atoms with E-state index in [1.807, 2.05) is 30.3 Å². The van der Waals surface area contributed by atoms with Crippen LogP contribution >= 0.6 is 11.6 Å². The average molecular weight is 394 g/mol. The molecule has 138 valence electrons. The summed E-state index contributed by atoms with van der Waals surface area (Å²) in [5, 5.41) is 36.0. The molecule has 0 saturated heterocycles. The monoisotopic (exact) mass is 393 g/mol. The van der Waals surface area contributed by atoms with Crippen LogP contribution in [0.4, 0.5) is 5.69 Å². The quantitative estimate of drug-likeness (QED) is 0.506. The molecule has 0 fully saturated rings. The topological polar surface area (TPSA) is 129 Å². The molecule has 0 radical (unpaired) electrons. The molecule has 0 spiro atoms. The molecule has 28 heavy (non-hydrogen) atoms. The second-order valence-corrected chi connectivity index (χ2v) is 6.60. The Kier molecular flexibility index (Phi) is 4.29. The van der Waals surface area contributed by atoms with Crippen molar-refractivity contribution in [3.8, 4) is 23.2 Å². The molecule has 0 amide bonds. The van der Waals surface area contributed by atoms with Gasteiger partial charge in [-0.1, -0.05) is 48.0 Å². The molecule has 2 N–H and O–H groups in total. The van der Waals surface area contributed by atoms with E-state index < -0.39 is 16.8 Å². The molecule has 1 aliphatic rings. The lowest BCUT2D eigenvalue weighted by molar-refractivity contribution is -0.384. The van der Waals surface area contributed by atoms with E-state index >= 15 is 0 Å². The molecule has 0 saturated carbocycles. The number of nitrogens with zero attached hydrogens (tertiary/aromatic N) is 3. The number of nitro benzene ring substituents is 1. The summed E-state index contributed by atoms with van der Waals surface area (Å²) in [5.41, 5.74) is 2.40. The number of non-ortho nitro benzene ring substituents is 1. The number of nitriles is 1. The van der Waals surface area contributed by atoms with E-state index in [2.05, 4.69) is 16.3 Å². The van der Waals surface area contributed by atoms with Gasteiger partial charge in [-0.25, -0.2) is 0 Å². The summed E-state index contributed by atoms with van der Waals surface area (Å²) >= 11 is 6.35. The number of nitro groups is 1. The third-order valence-electron chi connectivity index (χ3n) is 4.63. The molecule has 2 unspecified atom stereocenters. The Balaban J connectivity index is 1.94. The van der Waals surface area contributed by atoms with E-state index in [4.69, 9.17) is 21.7 Å². The number of halogens is 1. The summed E-state index contributed by atoms with van der Waals surface area (Å²) in [5.74, 6) is -1.68. The number of nitrogens with one attached hydrogen (secondary N) is 2. The first-order valence-corrected chi connectivity index (χ1v) is 8.62. The number of benzene rings is 2. The Hall–Kier alpha value is -3.70. The van der Waals surface area contributed by atoms with E-state index in [0.717, 1.165) is 5.56 Å². The van der Waals surface area contributed by atoms with Crippen LogP contribution in [0.25, 0.3) is 11.3 Å². The van der Waals surface area contributed by atoms with Crippen LogP contribution in [0, 0.1) is 32.8 Å². The Morgan fingerprint density at radius 1 is 1.29 bits per heavy atom. The van der Waals surface area contributed by atoms with Crippen molar-refractivity contribution in [2.24, 2.45) is 5.92 Å². The molecule has 4 rings (SSSR count). The summed E-state index contributed by atoms with van der Waals surface area (Å²) in [6.45, 7) is 0.